The van der Waals surface area contributed by atoms with E-state index < -0.39 is 0 Å². The summed E-state index contributed by atoms with van der Waals surface area (Å²) in [5.74, 6) is 0.814. The number of para-hydroxylation sites is 1. The van der Waals surface area contributed by atoms with Gasteiger partial charge >= 0.3 is 0 Å². The predicted octanol–water partition coefficient (Wildman–Crippen LogP) is 6.81. The molecule has 4 rings (SSSR count). The van der Waals surface area contributed by atoms with Gasteiger partial charge in [-0.25, -0.2) is 0 Å². The van der Waals surface area contributed by atoms with Crippen molar-refractivity contribution in [2.45, 2.75) is 19.6 Å². The fraction of sp³-hybridized carbons (Fsp3) is 0.167. The molecule has 156 valence electrons. The number of aromatic amines is 1. The first kappa shape index (κ1) is 22.5. The van der Waals surface area contributed by atoms with Crippen molar-refractivity contribution in [2.75, 3.05) is 6.54 Å². The number of benzene rings is 3. The van der Waals surface area contributed by atoms with E-state index in [1.165, 1.54) is 16.5 Å². The Kier molecular flexibility index (Phi) is 8.06. The summed E-state index contributed by atoms with van der Waals surface area (Å²) in [5.41, 5.74) is 4.48. The van der Waals surface area contributed by atoms with Crippen LogP contribution in [0.2, 0.25) is 10.0 Å². The monoisotopic (exact) mass is 460 g/mol. The molecule has 0 unspecified atom stereocenters. The molecule has 0 radical (unpaired) electrons. The molecule has 3 nitrogen and oxygen atoms in total. The molecule has 0 spiro atoms. The quantitative estimate of drug-likeness (QED) is 0.283. The molecule has 6 heteroatoms. The van der Waals surface area contributed by atoms with E-state index in [-0.39, 0.29) is 12.4 Å². The van der Waals surface area contributed by atoms with Crippen LogP contribution in [0.3, 0.4) is 0 Å². The van der Waals surface area contributed by atoms with Crippen LogP contribution < -0.4 is 10.1 Å². The van der Waals surface area contributed by atoms with E-state index in [4.69, 9.17) is 27.9 Å². The van der Waals surface area contributed by atoms with Crippen LogP contribution >= 0.6 is 35.6 Å². The van der Waals surface area contributed by atoms with Gasteiger partial charge in [0.25, 0.3) is 0 Å². The van der Waals surface area contributed by atoms with E-state index in [1.54, 1.807) is 0 Å². The molecule has 0 saturated heterocycles. The van der Waals surface area contributed by atoms with Crippen LogP contribution in [0, 0.1) is 0 Å². The number of ether oxygens (including phenoxy) is 1. The summed E-state index contributed by atoms with van der Waals surface area (Å²) < 4.78 is 6.03. The first-order valence-corrected chi connectivity index (χ1v) is 10.4. The van der Waals surface area contributed by atoms with Gasteiger partial charge in [-0.05, 0) is 48.9 Å². The van der Waals surface area contributed by atoms with Crippen molar-refractivity contribution in [2.24, 2.45) is 0 Å². The lowest BCUT2D eigenvalue weighted by Gasteiger charge is -2.13. The number of aromatic nitrogens is 1. The maximum Gasteiger partial charge on any atom is 0.124 e. The van der Waals surface area contributed by atoms with Crippen LogP contribution in [0.4, 0.5) is 0 Å². The molecule has 0 saturated carbocycles. The van der Waals surface area contributed by atoms with Crippen molar-refractivity contribution < 1.29 is 4.74 Å². The maximum atomic E-state index is 6.23. The fourth-order valence-corrected chi connectivity index (χ4v) is 3.77. The highest BCUT2D eigenvalue weighted by atomic mass is 35.5. The average Bonchev–Trinajstić information content (AvgIpc) is 3.15. The Morgan fingerprint density at radius 1 is 0.867 bits per heavy atom. The molecule has 0 bridgehead atoms. The lowest BCUT2D eigenvalue weighted by molar-refractivity contribution is 0.302. The first-order chi connectivity index (χ1) is 14.2. The van der Waals surface area contributed by atoms with Gasteiger partial charge in [0.2, 0.25) is 0 Å². The van der Waals surface area contributed by atoms with Gasteiger partial charge in [-0.1, -0.05) is 59.6 Å². The SMILES string of the molecule is Cl.Clc1ccc(OCc2ccccc2Cl)c(CNCCc2c[nH]c3ccccc23)c1. The third-order valence-corrected chi connectivity index (χ3v) is 5.53. The third-order valence-electron chi connectivity index (χ3n) is 4.93. The molecule has 0 fully saturated rings. The lowest BCUT2D eigenvalue weighted by Crippen LogP contribution is -2.17. The van der Waals surface area contributed by atoms with E-state index >= 15 is 0 Å². The van der Waals surface area contributed by atoms with Gasteiger partial charge in [-0.3, -0.25) is 0 Å². The molecule has 30 heavy (non-hydrogen) atoms. The van der Waals surface area contributed by atoms with E-state index in [0.29, 0.717) is 23.2 Å². The number of rotatable bonds is 8. The Balaban J connectivity index is 0.00000256. The van der Waals surface area contributed by atoms with Gasteiger partial charge in [0.1, 0.15) is 12.4 Å². The predicted molar refractivity (Wildman–Crippen MR) is 128 cm³/mol. The summed E-state index contributed by atoms with van der Waals surface area (Å²) in [5, 5.41) is 6.19. The van der Waals surface area contributed by atoms with Crippen LogP contribution in [0.15, 0.2) is 72.9 Å². The summed E-state index contributed by atoms with van der Waals surface area (Å²) in [4.78, 5) is 3.32. The van der Waals surface area contributed by atoms with E-state index in [2.05, 4.69) is 34.7 Å². The molecule has 1 aromatic heterocycles. The summed E-state index contributed by atoms with van der Waals surface area (Å²) in [6.07, 6.45) is 3.03. The van der Waals surface area contributed by atoms with Crippen LogP contribution in [0.25, 0.3) is 10.9 Å². The van der Waals surface area contributed by atoms with Crippen molar-refractivity contribution in [3.8, 4) is 5.75 Å². The van der Waals surface area contributed by atoms with Crippen molar-refractivity contribution >= 4 is 46.5 Å². The van der Waals surface area contributed by atoms with Gasteiger partial charge in [0, 0.05) is 44.8 Å². The number of nitrogens with one attached hydrogen (secondary N) is 2. The van der Waals surface area contributed by atoms with E-state index in [9.17, 15) is 0 Å². The smallest absolute Gasteiger partial charge is 0.124 e. The highest BCUT2D eigenvalue weighted by molar-refractivity contribution is 6.31. The van der Waals surface area contributed by atoms with Crippen molar-refractivity contribution in [1.82, 2.24) is 10.3 Å². The van der Waals surface area contributed by atoms with Crippen LogP contribution in [0.5, 0.6) is 5.75 Å². The molecular weight excluding hydrogens is 439 g/mol. The molecule has 0 aliphatic heterocycles. The van der Waals surface area contributed by atoms with Gasteiger partial charge < -0.3 is 15.0 Å². The number of H-pyrrole nitrogens is 1. The number of fused-ring (bicyclic) bond motifs is 1. The Morgan fingerprint density at radius 2 is 1.67 bits per heavy atom. The Bertz CT molecular complexity index is 1110. The summed E-state index contributed by atoms with van der Waals surface area (Å²) in [7, 11) is 0. The standard InChI is InChI=1S/C24H22Cl2N2O.ClH/c25-20-9-10-24(29-16-18-5-1-3-7-22(18)26)19(13-20)14-27-12-11-17-15-28-23-8-4-2-6-21(17)23;/h1-10,13,15,27-28H,11-12,14,16H2;1H. The van der Waals surface area contributed by atoms with Gasteiger partial charge in [-0.2, -0.15) is 0 Å². The molecule has 0 atom stereocenters. The molecule has 3 aromatic carbocycles. The number of halogens is 3. The minimum absolute atomic E-state index is 0. The largest absolute Gasteiger partial charge is 0.489 e. The second-order valence-electron chi connectivity index (χ2n) is 6.92. The second kappa shape index (κ2) is 10.7. The van der Waals surface area contributed by atoms with E-state index in [0.717, 1.165) is 29.8 Å². The summed E-state index contributed by atoms with van der Waals surface area (Å²) in [6.45, 7) is 1.96. The zero-order valence-corrected chi connectivity index (χ0v) is 18.7. The zero-order chi connectivity index (χ0) is 20.1. The van der Waals surface area contributed by atoms with Crippen molar-refractivity contribution in [3.05, 3.63) is 99.7 Å². The lowest BCUT2D eigenvalue weighted by atomic mass is 10.1. The highest BCUT2D eigenvalue weighted by Gasteiger charge is 2.08. The molecular formula is C24H23Cl3N2O. The molecule has 1 heterocycles. The van der Waals surface area contributed by atoms with Crippen LogP contribution in [-0.4, -0.2) is 11.5 Å². The van der Waals surface area contributed by atoms with Gasteiger partial charge in [0.05, 0.1) is 0 Å². The van der Waals surface area contributed by atoms with Crippen LogP contribution in [0.1, 0.15) is 16.7 Å². The van der Waals surface area contributed by atoms with Crippen molar-refractivity contribution in [3.63, 3.8) is 0 Å². The van der Waals surface area contributed by atoms with Gasteiger partial charge in [0.15, 0.2) is 0 Å². The summed E-state index contributed by atoms with van der Waals surface area (Å²) >= 11 is 12.4. The minimum atomic E-state index is 0. The molecule has 0 amide bonds. The second-order valence-corrected chi connectivity index (χ2v) is 7.76. The molecule has 0 aliphatic carbocycles. The average molecular weight is 462 g/mol. The first-order valence-electron chi connectivity index (χ1n) is 9.61. The summed E-state index contributed by atoms with van der Waals surface area (Å²) in [6, 6.07) is 21.8. The molecule has 4 aromatic rings. The zero-order valence-electron chi connectivity index (χ0n) is 16.3. The third kappa shape index (κ3) is 5.50. The van der Waals surface area contributed by atoms with E-state index in [1.807, 2.05) is 48.5 Å². The Labute approximate surface area is 192 Å². The topological polar surface area (TPSA) is 37.0 Å². The number of hydrogen-bond acceptors (Lipinski definition) is 2. The maximum absolute atomic E-state index is 6.23. The van der Waals surface area contributed by atoms with Crippen molar-refractivity contribution in [1.29, 1.82) is 0 Å². The molecule has 0 aliphatic rings. The Hall–Kier alpha value is -2.17. The Morgan fingerprint density at radius 3 is 2.53 bits per heavy atom. The fourth-order valence-electron chi connectivity index (χ4n) is 3.38. The highest BCUT2D eigenvalue weighted by Crippen LogP contribution is 2.25. The molecule has 2 N–H and O–H groups in total. The minimum Gasteiger partial charge on any atom is -0.489 e. The van der Waals surface area contributed by atoms with Gasteiger partial charge in [-0.15, -0.1) is 12.4 Å². The van der Waals surface area contributed by atoms with Crippen LogP contribution in [-0.2, 0) is 19.6 Å². The normalized spacial score (nSPS) is 10.7. The number of hydrogen-bond donors (Lipinski definition) is 2.